The molecule has 0 heterocycles. The van der Waals surface area contributed by atoms with Crippen molar-refractivity contribution >= 4 is 23.6 Å². The highest BCUT2D eigenvalue weighted by Gasteiger charge is 2.12. The van der Waals surface area contributed by atoms with Crippen molar-refractivity contribution in [2.24, 2.45) is 0 Å². The fourth-order valence-electron chi connectivity index (χ4n) is 3.25. The molecule has 2 amide bonds. The average molecular weight is 449 g/mol. The molecule has 3 rings (SSSR count). The van der Waals surface area contributed by atoms with Crippen molar-refractivity contribution in [3.63, 3.8) is 0 Å². The Balaban J connectivity index is 1.49. The predicted molar refractivity (Wildman–Crippen MR) is 129 cm³/mol. The SMILES string of the molecule is COc1ccc(CC(=O)NCc2ccc(C(=O)N(C)Cc3ccc(SC)cc3)cc2)cc1. The van der Waals surface area contributed by atoms with Crippen LogP contribution in [0.15, 0.2) is 77.7 Å². The summed E-state index contributed by atoms with van der Waals surface area (Å²) in [5.41, 5.74) is 3.59. The predicted octanol–water partition coefficient (Wildman–Crippen LogP) is 4.55. The number of rotatable bonds is 9. The van der Waals surface area contributed by atoms with Gasteiger partial charge in [-0.15, -0.1) is 11.8 Å². The zero-order valence-corrected chi connectivity index (χ0v) is 19.4. The topological polar surface area (TPSA) is 58.6 Å². The highest BCUT2D eigenvalue weighted by atomic mass is 32.2. The summed E-state index contributed by atoms with van der Waals surface area (Å²) in [5, 5.41) is 2.92. The number of benzene rings is 3. The van der Waals surface area contributed by atoms with E-state index in [0.717, 1.165) is 22.4 Å². The summed E-state index contributed by atoms with van der Waals surface area (Å²) >= 11 is 1.70. The third-order valence-electron chi connectivity index (χ3n) is 5.14. The van der Waals surface area contributed by atoms with E-state index in [1.54, 1.807) is 43.0 Å². The molecule has 0 bridgehead atoms. The second-order valence-corrected chi connectivity index (χ2v) is 8.39. The fraction of sp³-hybridized carbons (Fsp3) is 0.231. The first kappa shape index (κ1) is 23.4. The lowest BCUT2D eigenvalue weighted by Gasteiger charge is -2.18. The molecule has 1 N–H and O–H groups in total. The van der Waals surface area contributed by atoms with Crippen molar-refractivity contribution in [1.82, 2.24) is 10.2 Å². The van der Waals surface area contributed by atoms with Gasteiger partial charge in [-0.3, -0.25) is 9.59 Å². The number of hydrogen-bond donors (Lipinski definition) is 1. The molecule has 0 aliphatic rings. The summed E-state index contributed by atoms with van der Waals surface area (Å²) in [6, 6.07) is 23.0. The van der Waals surface area contributed by atoms with E-state index in [4.69, 9.17) is 4.74 Å². The number of thioether (sulfide) groups is 1. The number of carbonyl (C=O) groups excluding carboxylic acids is 2. The molecule has 0 spiro atoms. The zero-order valence-electron chi connectivity index (χ0n) is 18.6. The lowest BCUT2D eigenvalue weighted by Crippen LogP contribution is -2.26. The molecule has 0 saturated heterocycles. The monoisotopic (exact) mass is 448 g/mol. The molecule has 0 atom stereocenters. The summed E-state index contributed by atoms with van der Waals surface area (Å²) in [6.45, 7) is 0.970. The molecular weight excluding hydrogens is 420 g/mol. The second kappa shape index (κ2) is 11.4. The van der Waals surface area contributed by atoms with Crippen molar-refractivity contribution in [3.05, 3.63) is 95.1 Å². The maximum atomic E-state index is 12.7. The molecule has 0 fully saturated rings. The van der Waals surface area contributed by atoms with E-state index in [2.05, 4.69) is 17.4 Å². The molecule has 0 saturated carbocycles. The molecule has 0 unspecified atom stereocenters. The van der Waals surface area contributed by atoms with Gasteiger partial charge in [0.05, 0.1) is 13.5 Å². The lowest BCUT2D eigenvalue weighted by molar-refractivity contribution is -0.120. The number of nitrogens with zero attached hydrogens (tertiary/aromatic N) is 1. The van der Waals surface area contributed by atoms with Crippen molar-refractivity contribution in [3.8, 4) is 5.75 Å². The van der Waals surface area contributed by atoms with Crippen LogP contribution in [-0.4, -0.2) is 37.1 Å². The Morgan fingerprint density at radius 2 is 1.47 bits per heavy atom. The van der Waals surface area contributed by atoms with E-state index in [0.29, 0.717) is 25.1 Å². The van der Waals surface area contributed by atoms with Gasteiger partial charge in [0.1, 0.15) is 5.75 Å². The standard InChI is InChI=1S/C26H28N2O3S/c1-28(18-21-8-14-24(32-3)15-9-21)26(30)22-10-4-20(5-11-22)17-27-25(29)16-19-6-12-23(31-2)13-7-19/h4-15H,16-18H2,1-3H3,(H,27,29). The lowest BCUT2D eigenvalue weighted by atomic mass is 10.1. The van der Waals surface area contributed by atoms with Crippen LogP contribution in [0.25, 0.3) is 0 Å². The first-order chi connectivity index (χ1) is 15.5. The van der Waals surface area contributed by atoms with E-state index in [1.807, 2.05) is 54.8 Å². The summed E-state index contributed by atoms with van der Waals surface area (Å²) in [4.78, 5) is 27.9. The van der Waals surface area contributed by atoms with Gasteiger partial charge in [0.15, 0.2) is 0 Å². The van der Waals surface area contributed by atoms with Gasteiger partial charge in [-0.25, -0.2) is 0 Å². The molecule has 32 heavy (non-hydrogen) atoms. The average Bonchev–Trinajstić information content (AvgIpc) is 2.83. The van der Waals surface area contributed by atoms with Gasteiger partial charge >= 0.3 is 0 Å². The van der Waals surface area contributed by atoms with Crippen LogP contribution >= 0.6 is 11.8 Å². The van der Waals surface area contributed by atoms with Crippen LogP contribution < -0.4 is 10.1 Å². The van der Waals surface area contributed by atoms with Crippen LogP contribution in [0.3, 0.4) is 0 Å². The Labute approximate surface area is 193 Å². The molecule has 6 heteroatoms. The van der Waals surface area contributed by atoms with Crippen molar-refractivity contribution in [2.45, 2.75) is 24.4 Å². The quantitative estimate of drug-likeness (QED) is 0.488. The van der Waals surface area contributed by atoms with E-state index < -0.39 is 0 Å². The highest BCUT2D eigenvalue weighted by molar-refractivity contribution is 7.98. The summed E-state index contributed by atoms with van der Waals surface area (Å²) < 4.78 is 5.13. The van der Waals surface area contributed by atoms with E-state index >= 15 is 0 Å². The molecule has 0 aromatic heterocycles. The fourth-order valence-corrected chi connectivity index (χ4v) is 3.66. The summed E-state index contributed by atoms with van der Waals surface area (Å²) in [6.07, 6.45) is 2.35. The van der Waals surface area contributed by atoms with Gasteiger partial charge in [-0.1, -0.05) is 36.4 Å². The van der Waals surface area contributed by atoms with Crippen LogP contribution in [0.5, 0.6) is 5.75 Å². The van der Waals surface area contributed by atoms with Gasteiger partial charge in [-0.2, -0.15) is 0 Å². The number of methoxy groups -OCH3 is 1. The smallest absolute Gasteiger partial charge is 0.253 e. The molecule has 166 valence electrons. The summed E-state index contributed by atoms with van der Waals surface area (Å²) in [5.74, 6) is 0.680. The Hall–Kier alpha value is -3.25. The van der Waals surface area contributed by atoms with Gasteiger partial charge in [0.2, 0.25) is 5.91 Å². The number of amides is 2. The van der Waals surface area contributed by atoms with Crippen LogP contribution in [-0.2, 0) is 24.3 Å². The van der Waals surface area contributed by atoms with Crippen LogP contribution in [0.4, 0.5) is 0 Å². The molecule has 0 radical (unpaired) electrons. The van der Waals surface area contributed by atoms with E-state index in [9.17, 15) is 9.59 Å². The minimum Gasteiger partial charge on any atom is -0.497 e. The molecule has 5 nitrogen and oxygen atoms in total. The van der Waals surface area contributed by atoms with Crippen molar-refractivity contribution in [2.75, 3.05) is 20.4 Å². The third kappa shape index (κ3) is 6.62. The van der Waals surface area contributed by atoms with Crippen LogP contribution in [0, 0.1) is 0 Å². The minimum atomic E-state index is -0.0532. The van der Waals surface area contributed by atoms with Crippen LogP contribution in [0.1, 0.15) is 27.0 Å². The molecule has 3 aromatic carbocycles. The molecular formula is C26H28N2O3S. The normalized spacial score (nSPS) is 10.5. The Morgan fingerprint density at radius 1 is 0.875 bits per heavy atom. The van der Waals surface area contributed by atoms with Gasteiger partial charge < -0.3 is 15.0 Å². The third-order valence-corrected chi connectivity index (χ3v) is 5.88. The zero-order chi connectivity index (χ0) is 22.9. The Morgan fingerprint density at radius 3 is 2.06 bits per heavy atom. The van der Waals surface area contributed by atoms with E-state index in [1.165, 1.54) is 4.90 Å². The van der Waals surface area contributed by atoms with Gasteiger partial charge in [0.25, 0.3) is 5.91 Å². The number of carbonyl (C=O) groups is 2. The van der Waals surface area contributed by atoms with Crippen molar-refractivity contribution < 1.29 is 14.3 Å². The van der Waals surface area contributed by atoms with Gasteiger partial charge in [-0.05, 0) is 59.3 Å². The number of nitrogens with one attached hydrogen (secondary N) is 1. The first-order valence-corrected chi connectivity index (χ1v) is 11.6. The summed E-state index contributed by atoms with van der Waals surface area (Å²) in [7, 11) is 3.42. The molecule has 0 aliphatic carbocycles. The van der Waals surface area contributed by atoms with Crippen LogP contribution in [0.2, 0.25) is 0 Å². The first-order valence-electron chi connectivity index (χ1n) is 10.4. The number of ether oxygens (including phenoxy) is 1. The largest absolute Gasteiger partial charge is 0.497 e. The minimum absolute atomic E-state index is 0.0333. The molecule has 3 aromatic rings. The second-order valence-electron chi connectivity index (χ2n) is 7.51. The maximum absolute atomic E-state index is 12.7. The Kier molecular flexibility index (Phi) is 8.34. The molecule has 0 aliphatic heterocycles. The maximum Gasteiger partial charge on any atom is 0.253 e. The number of hydrogen-bond acceptors (Lipinski definition) is 4. The Bertz CT molecular complexity index is 1030. The van der Waals surface area contributed by atoms with Gasteiger partial charge in [0, 0.05) is 30.6 Å². The van der Waals surface area contributed by atoms with E-state index in [-0.39, 0.29) is 11.8 Å². The van der Waals surface area contributed by atoms with Crippen molar-refractivity contribution in [1.29, 1.82) is 0 Å². The highest BCUT2D eigenvalue weighted by Crippen LogP contribution is 2.16.